The van der Waals surface area contributed by atoms with Gasteiger partial charge >= 0.3 is 0 Å². The predicted octanol–water partition coefficient (Wildman–Crippen LogP) is 1.67. The van der Waals surface area contributed by atoms with Crippen LogP contribution in [0.1, 0.15) is 59.8 Å². The zero-order valence-corrected chi connectivity index (χ0v) is 16.5. The molecule has 6 heteroatoms. The molecule has 6 nitrogen and oxygen atoms in total. The number of fused-ring (bicyclic) bond motifs is 1. The number of unbranched alkanes of at least 4 members (excludes halogenated alkanes) is 1. The van der Waals surface area contributed by atoms with Crippen LogP contribution < -0.4 is 16.2 Å². The van der Waals surface area contributed by atoms with Crippen LogP contribution in [-0.2, 0) is 9.59 Å². The molecule has 2 rings (SSSR count). The fourth-order valence-corrected chi connectivity index (χ4v) is 4.32. The number of nitrogens with one attached hydrogen (secondary N) is 3. The Morgan fingerprint density at radius 2 is 1.96 bits per heavy atom. The second-order valence-electron chi connectivity index (χ2n) is 8.63. The van der Waals surface area contributed by atoms with Crippen molar-refractivity contribution in [2.75, 3.05) is 20.1 Å². The molecule has 0 aromatic heterocycles. The number of rotatable bonds is 7. The maximum Gasteiger partial charge on any atom is 0.243 e. The van der Waals surface area contributed by atoms with E-state index in [0.717, 1.165) is 25.7 Å². The van der Waals surface area contributed by atoms with Crippen LogP contribution in [0, 0.1) is 17.3 Å². The molecule has 1 aliphatic heterocycles. The van der Waals surface area contributed by atoms with Gasteiger partial charge in [-0.15, -0.1) is 0 Å². The number of hydrazine groups is 1. The highest BCUT2D eigenvalue weighted by molar-refractivity contribution is 5.91. The summed E-state index contributed by atoms with van der Waals surface area (Å²) >= 11 is 0. The number of nitrogens with zero attached hydrogens (tertiary/aromatic N) is 1. The van der Waals surface area contributed by atoms with Crippen LogP contribution in [0.5, 0.6) is 0 Å². The van der Waals surface area contributed by atoms with Gasteiger partial charge in [0.2, 0.25) is 11.8 Å². The lowest BCUT2D eigenvalue weighted by atomic mass is 9.86. The second-order valence-corrected chi connectivity index (χ2v) is 8.63. The zero-order chi connectivity index (χ0) is 18.6. The van der Waals surface area contributed by atoms with E-state index in [9.17, 15) is 9.59 Å². The topological polar surface area (TPSA) is 73.5 Å². The van der Waals surface area contributed by atoms with E-state index in [-0.39, 0.29) is 29.3 Å². The smallest absolute Gasteiger partial charge is 0.243 e. The average molecular weight is 353 g/mol. The van der Waals surface area contributed by atoms with E-state index >= 15 is 0 Å². The van der Waals surface area contributed by atoms with Crippen LogP contribution in [0.15, 0.2) is 0 Å². The molecule has 1 heterocycles. The van der Waals surface area contributed by atoms with Gasteiger partial charge in [-0.05, 0) is 43.6 Å². The van der Waals surface area contributed by atoms with Crippen molar-refractivity contribution in [1.82, 2.24) is 21.1 Å². The number of amides is 2. The van der Waals surface area contributed by atoms with Crippen molar-refractivity contribution in [3.63, 3.8) is 0 Å². The molecule has 144 valence electrons. The number of carbonyl (C=O) groups is 2. The van der Waals surface area contributed by atoms with Gasteiger partial charge in [0, 0.05) is 13.1 Å². The average Bonchev–Trinajstić information content (AvgIpc) is 3.11. The number of likely N-dealkylation sites (tertiary alicyclic amines) is 1. The maximum absolute atomic E-state index is 13.3. The summed E-state index contributed by atoms with van der Waals surface area (Å²) in [6.45, 7) is 9.67. The third-order valence-electron chi connectivity index (χ3n) is 5.67. The summed E-state index contributed by atoms with van der Waals surface area (Å²) < 4.78 is 0. The molecule has 2 amide bonds. The highest BCUT2D eigenvalue weighted by Crippen LogP contribution is 2.43. The summed E-state index contributed by atoms with van der Waals surface area (Å²) in [5, 5.41) is 3.06. The standard InChI is InChI=1S/C19H36N4O2/c1-6-7-11-21-17(24)15-14-10-8-9-13(14)12-23(15)18(25)16(22-20-5)19(2,3)4/h13-16,20,22H,6-12H2,1-5H3,(H,21,24)/t13-,14-,15-,16+/m0/s1. The fraction of sp³-hybridized carbons (Fsp3) is 0.895. The Morgan fingerprint density at radius 3 is 2.56 bits per heavy atom. The lowest BCUT2D eigenvalue weighted by molar-refractivity contribution is -0.143. The van der Waals surface area contributed by atoms with Gasteiger partial charge in [0.1, 0.15) is 12.1 Å². The van der Waals surface area contributed by atoms with E-state index in [1.807, 2.05) is 25.7 Å². The Labute approximate surface area is 152 Å². The quantitative estimate of drug-likeness (QED) is 0.481. The second kappa shape index (κ2) is 8.49. The first kappa shape index (κ1) is 20.2. The first-order valence-corrected chi connectivity index (χ1v) is 9.81. The summed E-state index contributed by atoms with van der Waals surface area (Å²) in [5.41, 5.74) is 5.79. The Hall–Kier alpha value is -1.14. The van der Waals surface area contributed by atoms with Crippen LogP contribution in [0.2, 0.25) is 0 Å². The summed E-state index contributed by atoms with van der Waals surface area (Å²) in [6.07, 6.45) is 5.39. The summed E-state index contributed by atoms with van der Waals surface area (Å²) in [6, 6.07) is -0.664. The Balaban J connectivity index is 2.18. The van der Waals surface area contributed by atoms with Crippen molar-refractivity contribution in [2.45, 2.75) is 71.9 Å². The summed E-state index contributed by atoms with van der Waals surface area (Å²) in [5.74, 6) is 0.863. The highest BCUT2D eigenvalue weighted by atomic mass is 16.2. The van der Waals surface area contributed by atoms with E-state index in [0.29, 0.717) is 24.9 Å². The molecule has 2 fully saturated rings. The van der Waals surface area contributed by atoms with Gasteiger partial charge < -0.3 is 10.2 Å². The molecule has 1 saturated carbocycles. The molecule has 0 bridgehead atoms. The van der Waals surface area contributed by atoms with E-state index in [2.05, 4.69) is 23.1 Å². The number of hydrogen-bond donors (Lipinski definition) is 3. The molecule has 0 aromatic rings. The molecule has 25 heavy (non-hydrogen) atoms. The maximum atomic E-state index is 13.3. The monoisotopic (exact) mass is 352 g/mol. The zero-order valence-electron chi connectivity index (χ0n) is 16.5. The highest BCUT2D eigenvalue weighted by Gasteiger charge is 2.51. The van der Waals surface area contributed by atoms with Gasteiger partial charge in [0.15, 0.2) is 0 Å². The first-order valence-electron chi connectivity index (χ1n) is 9.81. The normalized spacial score (nSPS) is 27.2. The minimum absolute atomic E-state index is 0.0342. The molecule has 2 aliphatic rings. The molecule has 1 aliphatic carbocycles. The molecular formula is C19H36N4O2. The van der Waals surface area contributed by atoms with Crippen LogP contribution in [0.3, 0.4) is 0 Å². The van der Waals surface area contributed by atoms with E-state index in [1.54, 1.807) is 7.05 Å². The Bertz CT molecular complexity index is 475. The van der Waals surface area contributed by atoms with Gasteiger partial charge in [-0.1, -0.05) is 40.5 Å². The fourth-order valence-electron chi connectivity index (χ4n) is 4.32. The summed E-state index contributed by atoms with van der Waals surface area (Å²) in [7, 11) is 1.78. The Morgan fingerprint density at radius 1 is 1.24 bits per heavy atom. The van der Waals surface area contributed by atoms with Crippen molar-refractivity contribution in [1.29, 1.82) is 0 Å². The van der Waals surface area contributed by atoms with Crippen LogP contribution in [0.25, 0.3) is 0 Å². The minimum atomic E-state index is -0.359. The molecule has 0 radical (unpaired) electrons. The van der Waals surface area contributed by atoms with Gasteiger partial charge in [-0.2, -0.15) is 0 Å². The van der Waals surface area contributed by atoms with Crippen LogP contribution in [-0.4, -0.2) is 48.9 Å². The first-order chi connectivity index (χ1) is 11.8. The van der Waals surface area contributed by atoms with E-state index in [4.69, 9.17) is 0 Å². The lowest BCUT2D eigenvalue weighted by Crippen LogP contribution is -2.59. The molecule has 4 atom stereocenters. The third kappa shape index (κ3) is 4.53. The van der Waals surface area contributed by atoms with Crippen molar-refractivity contribution < 1.29 is 9.59 Å². The van der Waals surface area contributed by atoms with Crippen molar-refractivity contribution in [2.24, 2.45) is 17.3 Å². The van der Waals surface area contributed by atoms with Crippen LogP contribution >= 0.6 is 0 Å². The van der Waals surface area contributed by atoms with Gasteiger partial charge in [0.05, 0.1) is 0 Å². The third-order valence-corrected chi connectivity index (χ3v) is 5.67. The molecule has 0 unspecified atom stereocenters. The van der Waals surface area contributed by atoms with E-state index < -0.39 is 0 Å². The van der Waals surface area contributed by atoms with Crippen molar-refractivity contribution in [3.8, 4) is 0 Å². The largest absolute Gasteiger partial charge is 0.354 e. The van der Waals surface area contributed by atoms with Gasteiger partial charge in [0.25, 0.3) is 0 Å². The number of hydrogen-bond acceptors (Lipinski definition) is 4. The molecule has 1 saturated heterocycles. The Kier molecular flexibility index (Phi) is 6.86. The molecular weight excluding hydrogens is 316 g/mol. The molecule has 0 spiro atoms. The minimum Gasteiger partial charge on any atom is -0.354 e. The molecule has 3 N–H and O–H groups in total. The molecule has 0 aromatic carbocycles. The number of carbonyl (C=O) groups excluding carboxylic acids is 2. The van der Waals surface area contributed by atoms with Crippen molar-refractivity contribution >= 4 is 11.8 Å². The van der Waals surface area contributed by atoms with Crippen LogP contribution in [0.4, 0.5) is 0 Å². The lowest BCUT2D eigenvalue weighted by Gasteiger charge is -2.36. The predicted molar refractivity (Wildman–Crippen MR) is 99.7 cm³/mol. The van der Waals surface area contributed by atoms with Gasteiger partial charge in [-0.3, -0.25) is 15.0 Å². The van der Waals surface area contributed by atoms with Crippen molar-refractivity contribution in [3.05, 3.63) is 0 Å². The SMILES string of the molecule is CCCCNC(=O)[C@@H]1[C@H]2CCC[C@H]2CN1C(=O)[C@@H](NNC)C(C)(C)C. The van der Waals surface area contributed by atoms with Gasteiger partial charge in [-0.25, -0.2) is 5.43 Å². The van der Waals surface area contributed by atoms with E-state index in [1.165, 1.54) is 6.42 Å². The summed E-state index contributed by atoms with van der Waals surface area (Å²) in [4.78, 5) is 28.0.